The second-order valence-corrected chi connectivity index (χ2v) is 8.62. The summed E-state index contributed by atoms with van der Waals surface area (Å²) in [4.78, 5) is 4.38. The number of benzene rings is 3. The van der Waals surface area contributed by atoms with E-state index in [2.05, 4.69) is 4.99 Å². The zero-order chi connectivity index (χ0) is 20.3. The van der Waals surface area contributed by atoms with Crippen LogP contribution in [0.25, 0.3) is 0 Å². The van der Waals surface area contributed by atoms with Crippen molar-refractivity contribution in [2.45, 2.75) is 18.7 Å². The summed E-state index contributed by atoms with van der Waals surface area (Å²) in [5.74, 6) is -0.114. The van der Waals surface area contributed by atoms with Crippen LogP contribution in [0.5, 0.6) is 5.75 Å². The molecule has 0 heterocycles. The van der Waals surface area contributed by atoms with Crippen molar-refractivity contribution in [3.05, 3.63) is 87.4 Å². The third-order valence-electron chi connectivity index (χ3n) is 3.92. The van der Waals surface area contributed by atoms with Crippen LogP contribution in [0.2, 0.25) is 10.0 Å². The van der Waals surface area contributed by atoms with Crippen molar-refractivity contribution >= 4 is 45.2 Å². The van der Waals surface area contributed by atoms with Crippen LogP contribution < -0.4 is 4.18 Å². The summed E-state index contributed by atoms with van der Waals surface area (Å²) in [5, 5.41) is 0.155. The molecule has 0 radical (unpaired) electrons. The van der Waals surface area contributed by atoms with Gasteiger partial charge in [-0.1, -0.05) is 58.6 Å². The number of nitrogens with zero attached hydrogens (tertiary/aromatic N) is 1. The van der Waals surface area contributed by atoms with Crippen LogP contribution in [0.4, 0.5) is 5.69 Å². The molecule has 0 spiro atoms. The maximum Gasteiger partial charge on any atom is 0.339 e. The number of rotatable bonds is 5. The van der Waals surface area contributed by atoms with Crippen molar-refractivity contribution in [3.63, 3.8) is 0 Å². The molecule has 0 saturated heterocycles. The second kappa shape index (κ2) is 8.35. The Balaban J connectivity index is 1.85. The Hall–Kier alpha value is -2.34. The van der Waals surface area contributed by atoms with Gasteiger partial charge in [-0.05, 0) is 55.8 Å². The van der Waals surface area contributed by atoms with Crippen molar-refractivity contribution in [1.82, 2.24) is 0 Å². The van der Waals surface area contributed by atoms with E-state index in [4.69, 9.17) is 27.4 Å². The molecule has 7 heteroatoms. The predicted molar refractivity (Wildman–Crippen MR) is 114 cm³/mol. The molecule has 0 aliphatic rings. The molecule has 0 saturated carbocycles. The molecule has 0 amide bonds. The highest BCUT2D eigenvalue weighted by atomic mass is 35.5. The summed E-state index contributed by atoms with van der Waals surface area (Å²) in [6, 6.07) is 17.1. The van der Waals surface area contributed by atoms with Crippen LogP contribution in [0.15, 0.2) is 70.6 Å². The molecule has 0 bridgehead atoms. The molecular weight excluding hydrogens is 417 g/mol. The van der Waals surface area contributed by atoms with Gasteiger partial charge in [-0.3, -0.25) is 4.99 Å². The summed E-state index contributed by atoms with van der Waals surface area (Å²) < 4.78 is 30.1. The first kappa shape index (κ1) is 20.4. The fourth-order valence-corrected chi connectivity index (χ4v) is 4.01. The Morgan fingerprint density at radius 1 is 0.857 bits per heavy atom. The van der Waals surface area contributed by atoms with Gasteiger partial charge >= 0.3 is 10.1 Å². The van der Waals surface area contributed by atoms with E-state index in [-0.39, 0.29) is 20.7 Å². The molecule has 0 aromatic heterocycles. The average molecular weight is 434 g/mol. The fraction of sp³-hybridized carbons (Fsp3) is 0.0952. The van der Waals surface area contributed by atoms with Gasteiger partial charge in [0.05, 0.1) is 15.7 Å². The number of halogens is 2. The maximum absolute atomic E-state index is 12.5. The molecular formula is C21H17Cl2NO3S. The standard InChI is InChI=1S/C21H17Cl2NO3S/c1-14-3-7-17(8-4-14)24-13-16-11-19(22)21(20(23)12-16)27-28(25,26)18-9-5-15(2)6-10-18/h3-13H,1-2H3. The highest BCUT2D eigenvalue weighted by molar-refractivity contribution is 7.87. The number of hydrogen-bond acceptors (Lipinski definition) is 4. The lowest BCUT2D eigenvalue weighted by molar-refractivity contribution is 0.486. The van der Waals surface area contributed by atoms with Gasteiger partial charge in [0, 0.05) is 6.21 Å². The van der Waals surface area contributed by atoms with Crippen molar-refractivity contribution in [3.8, 4) is 5.75 Å². The summed E-state index contributed by atoms with van der Waals surface area (Å²) >= 11 is 12.4. The first-order chi connectivity index (χ1) is 13.2. The van der Waals surface area contributed by atoms with Gasteiger partial charge in [-0.25, -0.2) is 0 Å². The molecule has 3 rings (SSSR count). The number of hydrogen-bond donors (Lipinski definition) is 0. The van der Waals surface area contributed by atoms with E-state index in [0.29, 0.717) is 5.56 Å². The highest BCUT2D eigenvalue weighted by Crippen LogP contribution is 2.36. The molecule has 0 unspecified atom stereocenters. The molecule has 0 atom stereocenters. The highest BCUT2D eigenvalue weighted by Gasteiger charge is 2.20. The third kappa shape index (κ3) is 4.93. The van der Waals surface area contributed by atoms with Crippen LogP contribution in [0.1, 0.15) is 16.7 Å². The van der Waals surface area contributed by atoms with Crippen LogP contribution in [0, 0.1) is 13.8 Å². The van der Waals surface area contributed by atoms with Gasteiger partial charge in [-0.15, -0.1) is 0 Å². The Morgan fingerprint density at radius 2 is 1.36 bits per heavy atom. The second-order valence-electron chi connectivity index (χ2n) is 6.26. The van der Waals surface area contributed by atoms with Crippen LogP contribution >= 0.6 is 23.2 Å². The SMILES string of the molecule is Cc1ccc(N=Cc2cc(Cl)c(OS(=O)(=O)c3ccc(C)cc3)c(Cl)c2)cc1. The smallest absolute Gasteiger partial charge is 0.339 e. The van der Waals surface area contributed by atoms with Crippen LogP contribution in [0.3, 0.4) is 0 Å². The minimum atomic E-state index is -4.05. The number of aliphatic imine (C=N–C) groups is 1. The van der Waals surface area contributed by atoms with Gasteiger partial charge in [0.2, 0.25) is 0 Å². The molecule has 0 aliphatic carbocycles. The minimum Gasteiger partial charge on any atom is -0.376 e. The average Bonchev–Trinajstić information content (AvgIpc) is 2.65. The van der Waals surface area contributed by atoms with E-state index >= 15 is 0 Å². The molecule has 3 aromatic rings. The van der Waals surface area contributed by atoms with E-state index in [1.54, 1.807) is 30.5 Å². The zero-order valence-corrected chi connectivity index (χ0v) is 17.5. The van der Waals surface area contributed by atoms with E-state index < -0.39 is 10.1 Å². The molecule has 3 aromatic carbocycles. The van der Waals surface area contributed by atoms with E-state index in [9.17, 15) is 8.42 Å². The molecule has 0 N–H and O–H groups in total. The summed E-state index contributed by atoms with van der Waals surface area (Å²) in [7, 11) is -4.05. The van der Waals surface area contributed by atoms with Gasteiger partial charge in [-0.2, -0.15) is 8.42 Å². The summed E-state index contributed by atoms with van der Waals surface area (Å²) in [5.41, 5.74) is 3.48. The minimum absolute atomic E-state index is 0.0234. The normalized spacial score (nSPS) is 11.7. The van der Waals surface area contributed by atoms with Crippen molar-refractivity contribution in [2.24, 2.45) is 4.99 Å². The number of aryl methyl sites for hydroxylation is 2. The fourth-order valence-electron chi connectivity index (χ4n) is 2.38. The molecule has 0 aliphatic heterocycles. The van der Waals surface area contributed by atoms with Gasteiger partial charge in [0.1, 0.15) is 4.90 Å². The third-order valence-corrected chi connectivity index (χ3v) is 5.72. The molecule has 144 valence electrons. The van der Waals surface area contributed by atoms with Gasteiger partial charge < -0.3 is 4.18 Å². The first-order valence-electron chi connectivity index (χ1n) is 8.35. The monoisotopic (exact) mass is 433 g/mol. The van der Waals surface area contributed by atoms with Crippen LogP contribution in [-0.2, 0) is 10.1 Å². The first-order valence-corrected chi connectivity index (χ1v) is 10.5. The Bertz CT molecular complexity index is 1100. The Labute approximate surface area is 174 Å². The molecule has 0 fully saturated rings. The topological polar surface area (TPSA) is 55.7 Å². The molecule has 28 heavy (non-hydrogen) atoms. The van der Waals surface area contributed by atoms with E-state index in [1.165, 1.54) is 12.1 Å². The summed E-state index contributed by atoms with van der Waals surface area (Å²) in [6.45, 7) is 3.86. The lowest BCUT2D eigenvalue weighted by atomic mass is 10.2. The zero-order valence-electron chi connectivity index (χ0n) is 15.2. The molecule has 4 nitrogen and oxygen atoms in total. The van der Waals surface area contributed by atoms with Crippen LogP contribution in [-0.4, -0.2) is 14.6 Å². The predicted octanol–water partition coefficient (Wildman–Crippen LogP) is 6.13. The van der Waals surface area contributed by atoms with Gasteiger partial charge in [0.25, 0.3) is 0 Å². The quantitative estimate of drug-likeness (QED) is 0.359. The van der Waals surface area contributed by atoms with Crippen molar-refractivity contribution < 1.29 is 12.6 Å². The Kier molecular flexibility index (Phi) is 6.08. The van der Waals surface area contributed by atoms with E-state index in [0.717, 1.165) is 16.8 Å². The summed E-state index contributed by atoms with van der Waals surface area (Å²) in [6.07, 6.45) is 1.60. The lowest BCUT2D eigenvalue weighted by Crippen LogP contribution is -2.10. The van der Waals surface area contributed by atoms with Crippen molar-refractivity contribution in [1.29, 1.82) is 0 Å². The van der Waals surface area contributed by atoms with E-state index in [1.807, 2.05) is 38.1 Å². The maximum atomic E-state index is 12.5. The Morgan fingerprint density at radius 3 is 1.89 bits per heavy atom. The van der Waals surface area contributed by atoms with Gasteiger partial charge in [0.15, 0.2) is 5.75 Å². The van der Waals surface area contributed by atoms with Crippen molar-refractivity contribution in [2.75, 3.05) is 0 Å². The lowest BCUT2D eigenvalue weighted by Gasteiger charge is -2.11. The largest absolute Gasteiger partial charge is 0.376 e.